The Balaban J connectivity index is 1.70. The fourth-order valence-corrected chi connectivity index (χ4v) is 5.47. The predicted molar refractivity (Wildman–Crippen MR) is 114 cm³/mol. The van der Waals surface area contributed by atoms with E-state index in [2.05, 4.69) is 27.1 Å². The van der Waals surface area contributed by atoms with E-state index in [1.54, 1.807) is 42.7 Å². The highest BCUT2D eigenvalue weighted by Crippen LogP contribution is 2.33. The molecule has 1 aliphatic rings. The van der Waals surface area contributed by atoms with Crippen molar-refractivity contribution in [3.8, 4) is 0 Å². The standard InChI is InChI=1S/C21H22N6O2S/c1-13(2)16-10-22-11-17(16)20-25-24-19-12-23-21-18(27(19)20)8-9-26(21)30(28,29)15-6-4-14(3)5-7-15/h4-9,12,16-17,22H,1,10-11H2,2-3H3/t16-,17-/m0/s1. The van der Waals surface area contributed by atoms with E-state index in [4.69, 9.17) is 0 Å². The number of fused-ring (bicyclic) bond motifs is 3. The first kappa shape index (κ1) is 19.0. The molecule has 5 rings (SSSR count). The van der Waals surface area contributed by atoms with Gasteiger partial charge in [-0.3, -0.25) is 4.40 Å². The highest BCUT2D eigenvalue weighted by molar-refractivity contribution is 7.90. The topological polar surface area (TPSA) is 94.2 Å². The van der Waals surface area contributed by atoms with Gasteiger partial charge in [0.25, 0.3) is 10.0 Å². The van der Waals surface area contributed by atoms with Crippen molar-refractivity contribution in [1.82, 2.24) is 28.9 Å². The number of nitrogens with zero attached hydrogens (tertiary/aromatic N) is 5. The number of rotatable bonds is 4. The van der Waals surface area contributed by atoms with Crippen LogP contribution >= 0.6 is 0 Å². The molecule has 3 aromatic heterocycles. The van der Waals surface area contributed by atoms with Crippen LogP contribution in [0.4, 0.5) is 0 Å². The van der Waals surface area contributed by atoms with Crippen LogP contribution in [0.1, 0.15) is 24.2 Å². The molecule has 0 unspecified atom stereocenters. The lowest BCUT2D eigenvalue weighted by Gasteiger charge is -2.17. The lowest BCUT2D eigenvalue weighted by Crippen LogP contribution is -2.15. The average Bonchev–Trinajstić information content (AvgIpc) is 3.44. The van der Waals surface area contributed by atoms with Crippen LogP contribution in [0.3, 0.4) is 0 Å². The zero-order valence-electron chi connectivity index (χ0n) is 16.8. The van der Waals surface area contributed by atoms with Crippen LogP contribution < -0.4 is 5.32 Å². The van der Waals surface area contributed by atoms with E-state index in [0.717, 1.165) is 30.1 Å². The van der Waals surface area contributed by atoms with E-state index in [1.165, 1.54) is 3.97 Å². The van der Waals surface area contributed by atoms with Gasteiger partial charge in [-0.05, 0) is 32.0 Å². The maximum atomic E-state index is 13.2. The molecule has 0 amide bonds. The van der Waals surface area contributed by atoms with Crippen LogP contribution in [-0.4, -0.2) is 45.1 Å². The van der Waals surface area contributed by atoms with E-state index in [-0.39, 0.29) is 16.7 Å². The molecule has 0 spiro atoms. The number of aromatic nitrogens is 5. The number of nitrogens with one attached hydrogen (secondary N) is 1. The molecule has 2 atom stereocenters. The van der Waals surface area contributed by atoms with Crippen molar-refractivity contribution in [2.75, 3.05) is 13.1 Å². The van der Waals surface area contributed by atoms with E-state index in [0.29, 0.717) is 16.8 Å². The van der Waals surface area contributed by atoms with Gasteiger partial charge in [-0.25, -0.2) is 17.4 Å². The predicted octanol–water partition coefficient (Wildman–Crippen LogP) is 2.50. The van der Waals surface area contributed by atoms with Crippen LogP contribution in [-0.2, 0) is 10.0 Å². The van der Waals surface area contributed by atoms with Crippen molar-refractivity contribution in [1.29, 1.82) is 0 Å². The summed E-state index contributed by atoms with van der Waals surface area (Å²) in [4.78, 5) is 4.62. The Hall–Kier alpha value is -3.04. The highest BCUT2D eigenvalue weighted by Gasteiger charge is 2.33. The summed E-state index contributed by atoms with van der Waals surface area (Å²) < 4.78 is 29.6. The SMILES string of the molecule is C=C(C)[C@@H]1CNC[C@@H]1c1nnc2cnc3c(ccn3S(=O)(=O)c3ccc(C)cc3)n12. The molecule has 1 saturated heterocycles. The first-order valence-electron chi connectivity index (χ1n) is 9.77. The molecule has 8 nitrogen and oxygen atoms in total. The fraction of sp³-hybridized carbons (Fsp3) is 0.286. The quantitative estimate of drug-likeness (QED) is 0.508. The molecular weight excluding hydrogens is 400 g/mol. The van der Waals surface area contributed by atoms with Crippen molar-refractivity contribution in [3.63, 3.8) is 0 Å². The third kappa shape index (κ3) is 2.77. The number of aryl methyl sites for hydroxylation is 1. The van der Waals surface area contributed by atoms with Crippen LogP contribution in [0.15, 0.2) is 59.8 Å². The van der Waals surface area contributed by atoms with Gasteiger partial charge in [0.15, 0.2) is 11.3 Å². The summed E-state index contributed by atoms with van der Waals surface area (Å²) in [5, 5.41) is 12.1. The van der Waals surface area contributed by atoms with Crippen molar-refractivity contribution >= 4 is 26.8 Å². The van der Waals surface area contributed by atoms with Gasteiger partial charge in [0.05, 0.1) is 16.6 Å². The Morgan fingerprint density at radius 3 is 2.67 bits per heavy atom. The van der Waals surface area contributed by atoms with Crippen LogP contribution in [0.5, 0.6) is 0 Å². The van der Waals surface area contributed by atoms with Gasteiger partial charge in [0, 0.05) is 31.1 Å². The van der Waals surface area contributed by atoms with Gasteiger partial charge in [-0.15, -0.1) is 10.2 Å². The highest BCUT2D eigenvalue weighted by atomic mass is 32.2. The second-order valence-corrected chi connectivity index (χ2v) is 9.68. The van der Waals surface area contributed by atoms with Gasteiger partial charge >= 0.3 is 0 Å². The van der Waals surface area contributed by atoms with E-state index < -0.39 is 10.0 Å². The molecule has 0 bridgehead atoms. The molecule has 1 aromatic carbocycles. The van der Waals surface area contributed by atoms with E-state index in [1.807, 2.05) is 18.2 Å². The summed E-state index contributed by atoms with van der Waals surface area (Å²) in [7, 11) is -3.77. The monoisotopic (exact) mass is 422 g/mol. The van der Waals surface area contributed by atoms with Gasteiger partial charge in [-0.1, -0.05) is 29.8 Å². The number of benzene rings is 1. The molecular formula is C21H22N6O2S. The Morgan fingerprint density at radius 2 is 1.93 bits per heavy atom. The molecule has 4 heterocycles. The Morgan fingerprint density at radius 1 is 1.17 bits per heavy atom. The van der Waals surface area contributed by atoms with Gasteiger partial charge in [0.2, 0.25) is 0 Å². The molecule has 0 aliphatic carbocycles. The molecule has 0 saturated carbocycles. The minimum absolute atomic E-state index is 0.111. The number of hydrogen-bond donors (Lipinski definition) is 1. The lowest BCUT2D eigenvalue weighted by atomic mass is 9.90. The van der Waals surface area contributed by atoms with Gasteiger partial charge in [0.1, 0.15) is 5.82 Å². The average molecular weight is 423 g/mol. The zero-order chi connectivity index (χ0) is 21.0. The molecule has 1 aliphatic heterocycles. The van der Waals surface area contributed by atoms with Crippen molar-refractivity contribution in [3.05, 3.63) is 66.3 Å². The smallest absolute Gasteiger partial charge is 0.269 e. The molecule has 30 heavy (non-hydrogen) atoms. The third-order valence-corrected chi connectivity index (χ3v) is 7.50. The summed E-state index contributed by atoms with van der Waals surface area (Å²) in [6.07, 6.45) is 3.11. The summed E-state index contributed by atoms with van der Waals surface area (Å²) >= 11 is 0. The number of hydrogen-bond acceptors (Lipinski definition) is 6. The van der Waals surface area contributed by atoms with Crippen LogP contribution in [0, 0.1) is 12.8 Å². The van der Waals surface area contributed by atoms with Crippen LogP contribution in [0.2, 0.25) is 0 Å². The molecule has 4 aromatic rings. The summed E-state index contributed by atoms with van der Waals surface area (Å²) in [6.45, 7) is 9.67. The summed E-state index contributed by atoms with van der Waals surface area (Å²) in [5.74, 6) is 1.15. The second kappa shape index (κ2) is 6.75. The minimum Gasteiger partial charge on any atom is -0.315 e. The van der Waals surface area contributed by atoms with Gasteiger partial charge in [-0.2, -0.15) is 0 Å². The molecule has 1 N–H and O–H groups in total. The Labute approximate surface area is 174 Å². The molecule has 0 radical (unpaired) electrons. The normalized spacial score (nSPS) is 19.7. The first-order valence-corrected chi connectivity index (χ1v) is 11.2. The first-order chi connectivity index (χ1) is 14.4. The fourth-order valence-electron chi connectivity index (χ4n) is 4.18. The third-order valence-electron chi connectivity index (χ3n) is 5.82. The second-order valence-electron chi connectivity index (χ2n) is 7.87. The minimum atomic E-state index is -3.77. The van der Waals surface area contributed by atoms with E-state index >= 15 is 0 Å². The Kier molecular flexibility index (Phi) is 4.26. The molecule has 154 valence electrons. The maximum Gasteiger partial charge on any atom is 0.269 e. The van der Waals surface area contributed by atoms with Crippen LogP contribution in [0.25, 0.3) is 16.8 Å². The zero-order valence-corrected chi connectivity index (χ0v) is 17.6. The van der Waals surface area contributed by atoms with Crippen molar-refractivity contribution in [2.24, 2.45) is 5.92 Å². The molecule has 9 heteroatoms. The summed E-state index contributed by atoms with van der Waals surface area (Å²) in [6, 6.07) is 8.55. The maximum absolute atomic E-state index is 13.2. The lowest BCUT2D eigenvalue weighted by molar-refractivity contribution is 0.568. The largest absolute Gasteiger partial charge is 0.315 e. The van der Waals surface area contributed by atoms with Crippen molar-refractivity contribution in [2.45, 2.75) is 24.7 Å². The Bertz CT molecular complexity index is 1380. The van der Waals surface area contributed by atoms with Gasteiger partial charge < -0.3 is 5.32 Å². The van der Waals surface area contributed by atoms with E-state index in [9.17, 15) is 8.42 Å². The molecule has 1 fully saturated rings. The summed E-state index contributed by atoms with van der Waals surface area (Å²) in [5.41, 5.74) is 3.69. The van der Waals surface area contributed by atoms with Crippen molar-refractivity contribution < 1.29 is 8.42 Å².